The van der Waals surface area contributed by atoms with E-state index in [2.05, 4.69) is 4.98 Å². The predicted octanol–water partition coefficient (Wildman–Crippen LogP) is 0.484. The van der Waals surface area contributed by atoms with Crippen LogP contribution in [0.5, 0.6) is 0 Å². The summed E-state index contributed by atoms with van der Waals surface area (Å²) in [7, 11) is -3.34. The smallest absolute Gasteiger partial charge is 0.195 e. The van der Waals surface area contributed by atoms with Crippen LogP contribution in [0.3, 0.4) is 0 Å². The highest BCUT2D eigenvalue weighted by atomic mass is 32.2. The Morgan fingerprint density at radius 2 is 2.21 bits per heavy atom. The molecular weight excluding hydrogens is 202 g/mol. The van der Waals surface area contributed by atoms with E-state index in [0.717, 1.165) is 0 Å². The number of aliphatic hydroxyl groups excluding tert-OH is 1. The third-order valence-corrected chi connectivity index (χ3v) is 3.66. The van der Waals surface area contributed by atoms with E-state index in [4.69, 9.17) is 5.11 Å². The van der Waals surface area contributed by atoms with Crippen LogP contribution < -0.4 is 0 Å². The molecule has 1 aromatic heterocycles. The van der Waals surface area contributed by atoms with Crippen molar-refractivity contribution in [3.8, 4) is 0 Å². The van der Waals surface area contributed by atoms with Gasteiger partial charge in [0.05, 0.1) is 5.75 Å². The van der Waals surface area contributed by atoms with Crippen LogP contribution in [0.15, 0.2) is 29.4 Å². The SMILES string of the molecule is CC(CO)CS(=O)(=O)c1ccccn1. The summed E-state index contributed by atoms with van der Waals surface area (Å²) >= 11 is 0. The highest BCUT2D eigenvalue weighted by Gasteiger charge is 2.18. The molecule has 78 valence electrons. The number of nitrogens with zero attached hydrogens (tertiary/aromatic N) is 1. The normalized spacial score (nSPS) is 13.9. The van der Waals surface area contributed by atoms with Gasteiger partial charge in [-0.25, -0.2) is 13.4 Å². The number of aromatic nitrogens is 1. The summed E-state index contributed by atoms with van der Waals surface area (Å²) in [5, 5.41) is 8.83. The molecular formula is C9H13NO3S. The highest BCUT2D eigenvalue weighted by Crippen LogP contribution is 2.10. The maximum atomic E-state index is 11.6. The van der Waals surface area contributed by atoms with E-state index in [1.54, 1.807) is 19.1 Å². The summed E-state index contributed by atoms with van der Waals surface area (Å²) in [5.74, 6) is -0.331. The Balaban J connectivity index is 2.87. The van der Waals surface area contributed by atoms with E-state index in [1.165, 1.54) is 12.3 Å². The zero-order chi connectivity index (χ0) is 10.6. The minimum absolute atomic E-state index is 0.0689. The van der Waals surface area contributed by atoms with Crippen LogP contribution in [0, 0.1) is 5.92 Å². The molecule has 1 unspecified atom stereocenters. The lowest BCUT2D eigenvalue weighted by Crippen LogP contribution is -2.17. The van der Waals surface area contributed by atoms with Crippen molar-refractivity contribution in [2.75, 3.05) is 12.4 Å². The van der Waals surface area contributed by atoms with E-state index < -0.39 is 9.84 Å². The molecule has 1 rings (SSSR count). The summed E-state index contributed by atoms with van der Waals surface area (Å²) in [6.45, 7) is 1.55. The minimum atomic E-state index is -3.34. The van der Waals surface area contributed by atoms with Gasteiger partial charge in [-0.1, -0.05) is 13.0 Å². The third kappa shape index (κ3) is 2.78. The van der Waals surface area contributed by atoms with Crippen molar-refractivity contribution in [3.63, 3.8) is 0 Å². The summed E-state index contributed by atoms with van der Waals surface area (Å²) < 4.78 is 23.3. The van der Waals surface area contributed by atoms with Crippen molar-refractivity contribution in [2.45, 2.75) is 11.9 Å². The molecule has 5 heteroatoms. The van der Waals surface area contributed by atoms with Crippen LogP contribution >= 0.6 is 0 Å². The molecule has 1 aromatic rings. The van der Waals surface area contributed by atoms with Gasteiger partial charge in [-0.2, -0.15) is 0 Å². The van der Waals surface area contributed by atoms with Crippen molar-refractivity contribution >= 4 is 9.84 Å². The van der Waals surface area contributed by atoms with Crippen LogP contribution in [0.1, 0.15) is 6.92 Å². The first-order chi connectivity index (χ1) is 6.56. The quantitative estimate of drug-likeness (QED) is 0.793. The number of hydrogen-bond donors (Lipinski definition) is 1. The van der Waals surface area contributed by atoms with Gasteiger partial charge >= 0.3 is 0 Å². The summed E-state index contributed by atoms with van der Waals surface area (Å²) in [6.07, 6.45) is 1.44. The first-order valence-corrected chi connectivity index (χ1v) is 5.96. The third-order valence-electron chi connectivity index (χ3n) is 1.77. The number of hydrogen-bond acceptors (Lipinski definition) is 4. The van der Waals surface area contributed by atoms with E-state index >= 15 is 0 Å². The molecule has 0 saturated carbocycles. The molecule has 0 aromatic carbocycles. The maximum Gasteiger partial charge on any atom is 0.195 e. The predicted molar refractivity (Wildman–Crippen MR) is 52.5 cm³/mol. The van der Waals surface area contributed by atoms with Gasteiger partial charge in [-0.3, -0.25) is 0 Å². The molecule has 0 aliphatic heterocycles. The topological polar surface area (TPSA) is 67.3 Å². The molecule has 0 saturated heterocycles. The standard InChI is InChI=1S/C9H13NO3S/c1-8(6-11)7-14(12,13)9-4-2-3-5-10-9/h2-5,8,11H,6-7H2,1H3. The Bertz CT molecular complexity index is 374. The van der Waals surface area contributed by atoms with Crippen LogP contribution in [-0.4, -0.2) is 30.9 Å². The zero-order valence-corrected chi connectivity index (χ0v) is 8.74. The van der Waals surface area contributed by atoms with E-state index in [9.17, 15) is 8.42 Å². The fourth-order valence-electron chi connectivity index (χ4n) is 1.04. The fourth-order valence-corrected chi connectivity index (χ4v) is 2.58. The van der Waals surface area contributed by atoms with Crippen molar-refractivity contribution in [1.29, 1.82) is 0 Å². The number of pyridine rings is 1. The lowest BCUT2D eigenvalue weighted by atomic mass is 10.2. The molecule has 0 amide bonds. The Hall–Kier alpha value is -0.940. The Labute approximate surface area is 83.5 Å². The van der Waals surface area contributed by atoms with Gasteiger partial charge in [-0.05, 0) is 18.1 Å². The van der Waals surface area contributed by atoms with Crippen molar-refractivity contribution in [2.24, 2.45) is 5.92 Å². The van der Waals surface area contributed by atoms with Crippen LogP contribution in [0.2, 0.25) is 0 Å². The second kappa shape index (κ2) is 4.52. The average Bonchev–Trinajstić information content (AvgIpc) is 2.18. The van der Waals surface area contributed by atoms with Gasteiger partial charge < -0.3 is 5.11 Å². The molecule has 1 heterocycles. The first-order valence-electron chi connectivity index (χ1n) is 4.31. The van der Waals surface area contributed by atoms with E-state index in [-0.39, 0.29) is 23.3 Å². The fraction of sp³-hybridized carbons (Fsp3) is 0.444. The lowest BCUT2D eigenvalue weighted by Gasteiger charge is -2.07. The van der Waals surface area contributed by atoms with Crippen LogP contribution in [0.4, 0.5) is 0 Å². The van der Waals surface area contributed by atoms with E-state index in [1.807, 2.05) is 0 Å². The van der Waals surface area contributed by atoms with Crippen molar-refractivity contribution < 1.29 is 13.5 Å². The number of sulfone groups is 1. The van der Waals surface area contributed by atoms with Crippen molar-refractivity contribution in [1.82, 2.24) is 4.98 Å². The molecule has 0 spiro atoms. The second-order valence-corrected chi connectivity index (χ2v) is 5.22. The molecule has 0 aliphatic rings. The summed E-state index contributed by atoms with van der Waals surface area (Å²) in [5.41, 5.74) is 0. The average molecular weight is 215 g/mol. The molecule has 1 atom stereocenters. The van der Waals surface area contributed by atoms with Gasteiger partial charge in [0, 0.05) is 12.8 Å². The molecule has 4 nitrogen and oxygen atoms in total. The maximum absolute atomic E-state index is 11.6. The Kier molecular flexibility index (Phi) is 3.60. The summed E-state index contributed by atoms with van der Waals surface area (Å²) in [4.78, 5) is 3.77. The lowest BCUT2D eigenvalue weighted by molar-refractivity contribution is 0.249. The van der Waals surface area contributed by atoms with Gasteiger partial charge in [0.25, 0.3) is 0 Å². The molecule has 0 fully saturated rings. The second-order valence-electron chi connectivity index (χ2n) is 3.24. The van der Waals surface area contributed by atoms with Gasteiger partial charge in [-0.15, -0.1) is 0 Å². The van der Waals surface area contributed by atoms with Gasteiger partial charge in [0.2, 0.25) is 0 Å². The monoisotopic (exact) mass is 215 g/mol. The Morgan fingerprint density at radius 1 is 1.50 bits per heavy atom. The van der Waals surface area contributed by atoms with Gasteiger partial charge in [0.15, 0.2) is 14.9 Å². The van der Waals surface area contributed by atoms with Crippen LogP contribution in [0.25, 0.3) is 0 Å². The zero-order valence-electron chi connectivity index (χ0n) is 7.92. The molecule has 0 bridgehead atoms. The van der Waals surface area contributed by atoms with Crippen molar-refractivity contribution in [3.05, 3.63) is 24.4 Å². The first kappa shape index (κ1) is 11.1. The molecule has 1 N–H and O–H groups in total. The Morgan fingerprint density at radius 3 is 2.71 bits per heavy atom. The summed E-state index contributed by atoms with van der Waals surface area (Å²) in [6, 6.07) is 4.75. The number of rotatable bonds is 4. The van der Waals surface area contributed by atoms with E-state index in [0.29, 0.717) is 0 Å². The number of aliphatic hydroxyl groups is 1. The molecule has 0 aliphatic carbocycles. The minimum Gasteiger partial charge on any atom is -0.396 e. The molecule has 0 radical (unpaired) electrons. The highest BCUT2D eigenvalue weighted by molar-refractivity contribution is 7.91. The van der Waals surface area contributed by atoms with Gasteiger partial charge in [0.1, 0.15) is 0 Å². The molecule has 14 heavy (non-hydrogen) atoms. The largest absolute Gasteiger partial charge is 0.396 e. The van der Waals surface area contributed by atoms with Crippen LogP contribution in [-0.2, 0) is 9.84 Å².